The van der Waals surface area contributed by atoms with Gasteiger partial charge in [0.1, 0.15) is 78.7 Å². The molecule has 3 saturated carbocycles. The van der Waals surface area contributed by atoms with Crippen LogP contribution in [0.5, 0.6) is 0 Å². The average molecular weight is 901 g/mol. The summed E-state index contributed by atoms with van der Waals surface area (Å²) in [6.45, 7) is 8.71. The SMILES string of the molecule is C[C@H](CCC(=O)[C@H](C)[C@@H]1C(=O)C[C@@H]2[C@H]3CC=C4C[C@@H](O[C@H]5O[C@@H](CO)[C@@H](O)[C@H](O)[C@H]5O[C@@H]5O[C@@H](C)[C@H](O)[C@H](O)[C@H]5O)CC[C@@]4(C)[C@H]3CC[C@@]21C)CO[C@H]1O[C@@H](CO)[C@H](O)[C@H](O)[C@@H]1O. The molecule has 0 radical (unpaired) electrons. The van der Waals surface area contributed by atoms with Crippen LogP contribution >= 0.6 is 0 Å². The average Bonchev–Trinajstić information content (AvgIpc) is 3.54. The maximum Gasteiger partial charge on any atom is 0.187 e. The fourth-order valence-electron chi connectivity index (χ4n) is 12.6. The van der Waals surface area contributed by atoms with Gasteiger partial charge in [0.05, 0.1) is 32.0 Å². The molecule has 18 nitrogen and oxygen atoms in total. The number of ketones is 2. The van der Waals surface area contributed by atoms with Crippen LogP contribution in [0.4, 0.5) is 0 Å². The third-order valence-corrected chi connectivity index (χ3v) is 16.5. The molecule has 7 aliphatic rings. The predicted octanol–water partition coefficient (Wildman–Crippen LogP) is -0.781. The van der Waals surface area contributed by atoms with E-state index < -0.39 is 117 Å². The molecule has 3 aliphatic heterocycles. The second-order valence-corrected chi connectivity index (χ2v) is 20.4. The van der Waals surface area contributed by atoms with Crippen LogP contribution in [0.3, 0.4) is 0 Å². The molecule has 3 heterocycles. The van der Waals surface area contributed by atoms with Gasteiger partial charge in [-0.2, -0.15) is 0 Å². The van der Waals surface area contributed by atoms with Crippen molar-refractivity contribution in [1.29, 1.82) is 0 Å². The van der Waals surface area contributed by atoms with Crippen molar-refractivity contribution in [3.63, 3.8) is 0 Å². The maximum absolute atomic E-state index is 14.0. The lowest BCUT2D eigenvalue weighted by atomic mass is 9.47. The van der Waals surface area contributed by atoms with Gasteiger partial charge in [0.15, 0.2) is 18.9 Å². The van der Waals surface area contributed by atoms with Gasteiger partial charge in [-0.25, -0.2) is 0 Å². The zero-order valence-electron chi connectivity index (χ0n) is 37.0. The molecule has 3 saturated heterocycles. The Labute approximate surface area is 368 Å². The smallest absolute Gasteiger partial charge is 0.187 e. The molecule has 0 aromatic rings. The van der Waals surface area contributed by atoms with Crippen LogP contribution in [-0.4, -0.2) is 181 Å². The normalized spacial score (nSPS) is 49.9. The molecule has 24 atom stereocenters. The highest BCUT2D eigenvalue weighted by atomic mass is 16.8. The first-order valence-electron chi connectivity index (χ1n) is 23.1. The van der Waals surface area contributed by atoms with Crippen molar-refractivity contribution in [2.24, 2.45) is 46.3 Å². The standard InChI is InChI=1S/C45H72O18/c1-19(18-58-41-38(56)36(54)33(51)29(16-46)61-41)6-9-27(48)20(2)31-28(49)15-26-24-8-7-22-14-23(10-12-44(22,4)25(24)11-13-45(26,31)5)60-43-40(37(55)34(52)30(17-47)62-43)63-42-39(57)35(53)32(50)21(3)59-42/h7,19-21,23-26,29-43,46-47,50-57H,6,8-18H2,1-5H3/t19-,20+,21+,23+,24+,25+,26-,29+,30+,31-,32+,33+,34-,35+,36+,37+,38+,39-,40-,41+,42+,43+,44-,45+/m1/s1. The molecule has 0 aromatic heterocycles. The molecule has 6 fully saturated rings. The number of rotatable bonds is 14. The van der Waals surface area contributed by atoms with Gasteiger partial charge < -0.3 is 79.5 Å². The first-order valence-corrected chi connectivity index (χ1v) is 23.1. The van der Waals surface area contributed by atoms with Gasteiger partial charge in [-0.15, -0.1) is 0 Å². The second-order valence-electron chi connectivity index (χ2n) is 20.4. The summed E-state index contributed by atoms with van der Waals surface area (Å²) in [5.41, 5.74) is 0.735. The van der Waals surface area contributed by atoms with E-state index in [0.717, 1.165) is 25.7 Å². The number of ether oxygens (including phenoxy) is 6. The third-order valence-electron chi connectivity index (χ3n) is 16.5. The lowest BCUT2D eigenvalue weighted by Gasteiger charge is -2.58. The maximum atomic E-state index is 14.0. The van der Waals surface area contributed by atoms with E-state index in [2.05, 4.69) is 19.9 Å². The summed E-state index contributed by atoms with van der Waals surface area (Å²) in [4.78, 5) is 27.8. The van der Waals surface area contributed by atoms with Crippen molar-refractivity contribution in [3.8, 4) is 0 Å². The van der Waals surface area contributed by atoms with Crippen molar-refractivity contribution in [2.45, 2.75) is 191 Å². The molecule has 0 spiro atoms. The number of fused-ring (bicyclic) bond motifs is 5. The van der Waals surface area contributed by atoms with Crippen molar-refractivity contribution in [2.75, 3.05) is 19.8 Å². The molecular weight excluding hydrogens is 828 g/mol. The Kier molecular flexibility index (Phi) is 15.3. The van der Waals surface area contributed by atoms with Gasteiger partial charge in [-0.05, 0) is 86.4 Å². The summed E-state index contributed by atoms with van der Waals surface area (Å²) in [6, 6.07) is 0. The molecule has 360 valence electrons. The van der Waals surface area contributed by atoms with E-state index in [0.29, 0.717) is 31.6 Å². The fraction of sp³-hybridized carbons (Fsp3) is 0.911. The highest BCUT2D eigenvalue weighted by Crippen LogP contribution is 2.66. The number of aliphatic hydroxyl groups excluding tert-OH is 10. The molecule has 18 heteroatoms. The summed E-state index contributed by atoms with van der Waals surface area (Å²) >= 11 is 0. The lowest BCUT2D eigenvalue weighted by molar-refractivity contribution is -0.369. The van der Waals surface area contributed by atoms with E-state index in [4.69, 9.17) is 28.4 Å². The van der Waals surface area contributed by atoms with Crippen molar-refractivity contribution in [3.05, 3.63) is 11.6 Å². The summed E-state index contributed by atoms with van der Waals surface area (Å²) in [6.07, 6.45) is -13.4. The Hall–Kier alpha value is -1.56. The van der Waals surface area contributed by atoms with Crippen LogP contribution in [0.15, 0.2) is 11.6 Å². The van der Waals surface area contributed by atoms with Crippen LogP contribution < -0.4 is 0 Å². The van der Waals surface area contributed by atoms with Gasteiger partial charge >= 0.3 is 0 Å². The van der Waals surface area contributed by atoms with Crippen molar-refractivity contribution in [1.82, 2.24) is 0 Å². The number of hydrogen-bond donors (Lipinski definition) is 10. The summed E-state index contributed by atoms with van der Waals surface area (Å²) in [7, 11) is 0. The molecule has 63 heavy (non-hydrogen) atoms. The van der Waals surface area contributed by atoms with Gasteiger partial charge in [0, 0.05) is 24.7 Å². The Balaban J connectivity index is 0.964. The Morgan fingerprint density at radius 3 is 2.08 bits per heavy atom. The minimum Gasteiger partial charge on any atom is -0.394 e. The number of carbonyl (C=O) groups is 2. The number of allylic oxidation sites excluding steroid dienone is 1. The summed E-state index contributed by atoms with van der Waals surface area (Å²) < 4.78 is 35.1. The first kappa shape index (κ1) is 49.3. The highest BCUT2D eigenvalue weighted by molar-refractivity contribution is 5.92. The van der Waals surface area contributed by atoms with Crippen molar-refractivity contribution < 1.29 is 89.1 Å². The zero-order chi connectivity index (χ0) is 45.9. The number of aliphatic hydroxyl groups is 10. The van der Waals surface area contributed by atoms with Crippen LogP contribution in [0, 0.1) is 46.3 Å². The molecular formula is C45H72O18. The minimum absolute atomic E-state index is 0.0171. The van der Waals surface area contributed by atoms with E-state index >= 15 is 0 Å². The number of Topliss-reactive ketones (excluding diaryl/α,β-unsaturated/α-hetero) is 2. The number of carbonyl (C=O) groups excluding carboxylic acids is 2. The molecule has 7 rings (SSSR count). The minimum atomic E-state index is -1.67. The summed E-state index contributed by atoms with van der Waals surface area (Å²) in [5.74, 6) is -0.137. The Morgan fingerprint density at radius 1 is 0.762 bits per heavy atom. The lowest BCUT2D eigenvalue weighted by Crippen LogP contribution is -2.64. The first-order chi connectivity index (χ1) is 29.7. The topological polar surface area (TPSA) is 292 Å². The third kappa shape index (κ3) is 9.24. The predicted molar refractivity (Wildman–Crippen MR) is 218 cm³/mol. The fourth-order valence-corrected chi connectivity index (χ4v) is 12.6. The Morgan fingerprint density at radius 2 is 1.40 bits per heavy atom. The van der Waals surface area contributed by atoms with Gasteiger partial charge in [-0.1, -0.05) is 39.3 Å². The van der Waals surface area contributed by atoms with E-state index in [-0.39, 0.29) is 59.3 Å². The molecule has 0 amide bonds. The quantitative estimate of drug-likeness (QED) is 0.0957. The molecule has 4 aliphatic carbocycles. The number of hydrogen-bond acceptors (Lipinski definition) is 18. The van der Waals surface area contributed by atoms with Crippen molar-refractivity contribution >= 4 is 11.6 Å². The van der Waals surface area contributed by atoms with E-state index in [1.807, 2.05) is 13.8 Å². The Bertz CT molecular complexity index is 1630. The summed E-state index contributed by atoms with van der Waals surface area (Å²) in [5, 5.41) is 103. The van der Waals surface area contributed by atoms with Crippen LogP contribution in [0.25, 0.3) is 0 Å². The molecule has 0 aromatic carbocycles. The second kappa shape index (κ2) is 19.6. The van der Waals surface area contributed by atoms with E-state index in [9.17, 15) is 60.7 Å². The highest BCUT2D eigenvalue weighted by Gasteiger charge is 2.63. The molecule has 0 bridgehead atoms. The zero-order valence-corrected chi connectivity index (χ0v) is 37.0. The van der Waals surface area contributed by atoms with Crippen LogP contribution in [0.2, 0.25) is 0 Å². The van der Waals surface area contributed by atoms with E-state index in [1.165, 1.54) is 12.5 Å². The van der Waals surface area contributed by atoms with Gasteiger partial charge in [-0.3, -0.25) is 9.59 Å². The monoisotopic (exact) mass is 900 g/mol. The largest absolute Gasteiger partial charge is 0.394 e. The molecule has 10 N–H and O–H groups in total. The van der Waals surface area contributed by atoms with Gasteiger partial charge in [0.25, 0.3) is 0 Å². The van der Waals surface area contributed by atoms with Crippen LogP contribution in [0.1, 0.15) is 92.4 Å². The van der Waals surface area contributed by atoms with Crippen LogP contribution in [-0.2, 0) is 38.0 Å². The molecule has 0 unspecified atom stereocenters. The van der Waals surface area contributed by atoms with E-state index in [1.54, 1.807) is 0 Å². The van der Waals surface area contributed by atoms with Gasteiger partial charge in [0.2, 0.25) is 0 Å².